The van der Waals surface area contributed by atoms with Crippen molar-refractivity contribution in [1.82, 2.24) is 10.6 Å². The average Bonchev–Trinajstić information content (AvgIpc) is 2.91. The fraction of sp³-hybridized carbons (Fsp3) is 0.818. The van der Waals surface area contributed by atoms with Gasteiger partial charge in [0.15, 0.2) is 12.6 Å². The number of carboxylic acid groups (broad SMARTS) is 4. The van der Waals surface area contributed by atoms with Gasteiger partial charge in [0, 0.05) is 6.54 Å². The van der Waals surface area contributed by atoms with Crippen LogP contribution in [0.25, 0.3) is 0 Å². The Morgan fingerprint density at radius 3 is 1.66 bits per heavy atom. The van der Waals surface area contributed by atoms with E-state index < -0.39 is 130 Å². The Morgan fingerprint density at radius 1 is 0.682 bits per heavy atom. The molecular formula is C22H39N2NaO19. The van der Waals surface area contributed by atoms with Crippen LogP contribution in [0.5, 0.6) is 0 Å². The number of carbonyl (C=O) groups is 4. The zero-order valence-corrected chi connectivity index (χ0v) is 25.4. The van der Waals surface area contributed by atoms with Crippen LogP contribution < -0.4 is 40.2 Å². The first-order valence-corrected chi connectivity index (χ1v) is 12.6. The summed E-state index contributed by atoms with van der Waals surface area (Å²) in [5, 5.41) is 116. The van der Waals surface area contributed by atoms with Gasteiger partial charge in [-0.2, -0.15) is 0 Å². The molecule has 252 valence electrons. The standard InChI is InChI=1S/C12H22O11.C10H16N2O8.Na.H/c13-1-3-5(15)6(16)9(19)12(22-3)23-10-4(2-14)21-11(20)8(18)7(10)17;13-6(14)1-10(2-7(15)16,12-4-9(19)20)5-11-3-8(17)18;;/h3-20H,1-2H2;11-12H,1-5H2,(H,13,14)(H,15,16)(H,17,18)(H,19,20);;/q;;+1;-1/t3-,4-,5+,6+,7-,8-,9-,10-,11+,12+;;;/m1.../s1. The van der Waals surface area contributed by atoms with Crippen LogP contribution in [0.3, 0.4) is 0 Å². The Morgan fingerprint density at radius 2 is 1.20 bits per heavy atom. The predicted octanol–water partition coefficient (Wildman–Crippen LogP) is -10.3. The minimum absolute atomic E-state index is 0. The van der Waals surface area contributed by atoms with Crippen LogP contribution in [0.1, 0.15) is 14.3 Å². The molecule has 0 aromatic rings. The summed E-state index contributed by atoms with van der Waals surface area (Å²) < 4.78 is 15.3. The van der Waals surface area contributed by atoms with Crippen LogP contribution in [0.15, 0.2) is 0 Å². The third-order valence-electron chi connectivity index (χ3n) is 6.31. The van der Waals surface area contributed by atoms with E-state index in [1.165, 1.54) is 0 Å². The molecule has 2 heterocycles. The van der Waals surface area contributed by atoms with E-state index in [2.05, 4.69) is 10.6 Å². The van der Waals surface area contributed by atoms with E-state index in [-0.39, 0.29) is 37.5 Å². The molecule has 2 aliphatic heterocycles. The second-order valence-corrected chi connectivity index (χ2v) is 9.69. The van der Waals surface area contributed by atoms with Crippen LogP contribution in [0, 0.1) is 0 Å². The van der Waals surface area contributed by atoms with Gasteiger partial charge in [0.2, 0.25) is 0 Å². The van der Waals surface area contributed by atoms with Gasteiger partial charge in [0.05, 0.1) is 44.7 Å². The molecule has 14 N–H and O–H groups in total. The summed E-state index contributed by atoms with van der Waals surface area (Å²) in [7, 11) is 0. The molecule has 0 saturated carbocycles. The number of hydrogen-bond acceptors (Lipinski definition) is 17. The molecule has 2 rings (SSSR count). The molecule has 0 spiro atoms. The SMILES string of the molecule is O=C(O)CNCC(CC(=O)O)(CC(=O)O)NCC(=O)O.OC[C@H]1O[C@@H](O[C@H]2[C@H](O)[C@@H](O)[C@@H](O)O[C@@H]2CO)[C@H](O)[C@@H](O)[C@H]1O.[H-].[Na+]. The Labute approximate surface area is 272 Å². The van der Waals surface area contributed by atoms with Crippen LogP contribution in [0.2, 0.25) is 0 Å². The van der Waals surface area contributed by atoms with Crippen molar-refractivity contribution in [3.05, 3.63) is 0 Å². The first-order chi connectivity index (χ1) is 20.0. The van der Waals surface area contributed by atoms with Crippen LogP contribution in [-0.4, -0.2) is 185 Å². The molecule has 0 aliphatic carbocycles. The Hall–Kier alpha value is -1.64. The fourth-order valence-corrected chi connectivity index (χ4v) is 4.20. The largest absolute Gasteiger partial charge is 1.00 e. The molecule has 0 aromatic carbocycles. The summed E-state index contributed by atoms with van der Waals surface area (Å²) in [6.45, 7) is -2.81. The quantitative estimate of drug-likeness (QED) is 0.0726. The van der Waals surface area contributed by atoms with Crippen LogP contribution in [0.4, 0.5) is 0 Å². The summed E-state index contributed by atoms with van der Waals surface area (Å²) >= 11 is 0. The van der Waals surface area contributed by atoms with Gasteiger partial charge in [0.25, 0.3) is 0 Å². The van der Waals surface area contributed by atoms with Crippen molar-refractivity contribution in [1.29, 1.82) is 0 Å². The van der Waals surface area contributed by atoms with E-state index in [0.717, 1.165) is 0 Å². The number of aliphatic hydroxyl groups is 8. The molecule has 2 fully saturated rings. The van der Waals surface area contributed by atoms with E-state index >= 15 is 0 Å². The minimum Gasteiger partial charge on any atom is -1.00 e. The number of nitrogens with one attached hydrogen (secondary N) is 2. The van der Waals surface area contributed by atoms with Crippen LogP contribution in [-0.2, 0) is 33.4 Å². The van der Waals surface area contributed by atoms with Crippen molar-refractivity contribution in [2.24, 2.45) is 0 Å². The van der Waals surface area contributed by atoms with Crippen molar-refractivity contribution in [2.75, 3.05) is 32.8 Å². The summed E-state index contributed by atoms with van der Waals surface area (Å²) in [5.41, 5.74) is -1.59. The molecule has 0 unspecified atom stereocenters. The molecule has 10 atom stereocenters. The topological polar surface area (TPSA) is 363 Å². The van der Waals surface area contributed by atoms with Gasteiger partial charge in [-0.15, -0.1) is 0 Å². The number of carboxylic acids is 4. The first-order valence-electron chi connectivity index (χ1n) is 12.6. The van der Waals surface area contributed by atoms with Crippen molar-refractivity contribution in [3.63, 3.8) is 0 Å². The molecule has 21 nitrogen and oxygen atoms in total. The van der Waals surface area contributed by atoms with Gasteiger partial charge in [0.1, 0.15) is 48.8 Å². The number of aliphatic carboxylic acids is 4. The first kappa shape index (κ1) is 42.4. The number of hydrogen-bond donors (Lipinski definition) is 14. The predicted molar refractivity (Wildman–Crippen MR) is 133 cm³/mol. The van der Waals surface area contributed by atoms with Crippen molar-refractivity contribution >= 4 is 23.9 Å². The van der Waals surface area contributed by atoms with E-state index in [4.69, 9.17) is 39.7 Å². The van der Waals surface area contributed by atoms with Gasteiger partial charge >= 0.3 is 53.4 Å². The van der Waals surface area contributed by atoms with E-state index in [9.17, 15) is 54.9 Å². The molecule has 44 heavy (non-hydrogen) atoms. The Kier molecular flexibility index (Phi) is 19.0. The molecule has 22 heteroatoms. The summed E-state index contributed by atoms with van der Waals surface area (Å²) in [5.74, 6) is -5.16. The number of aliphatic hydroxyl groups excluding tert-OH is 8. The monoisotopic (exact) mass is 658 g/mol. The molecular weight excluding hydrogens is 619 g/mol. The molecule has 0 radical (unpaired) electrons. The summed E-state index contributed by atoms with van der Waals surface area (Å²) in [6.07, 6.45) is -16.9. The van der Waals surface area contributed by atoms with Gasteiger partial charge in [-0.1, -0.05) is 0 Å². The van der Waals surface area contributed by atoms with Gasteiger partial charge < -0.3 is 82.2 Å². The third-order valence-corrected chi connectivity index (χ3v) is 6.31. The number of rotatable bonds is 15. The van der Waals surface area contributed by atoms with E-state index in [1.807, 2.05) is 0 Å². The Balaban J connectivity index is 0. The second-order valence-electron chi connectivity index (χ2n) is 9.69. The summed E-state index contributed by atoms with van der Waals surface area (Å²) in [6, 6.07) is 0. The Bertz CT molecular complexity index is 917. The molecule has 0 bridgehead atoms. The minimum atomic E-state index is -1.74. The van der Waals surface area contributed by atoms with Gasteiger partial charge in [-0.05, 0) is 0 Å². The van der Waals surface area contributed by atoms with Gasteiger partial charge in [-0.25, -0.2) is 0 Å². The van der Waals surface area contributed by atoms with Crippen molar-refractivity contribution < 1.29 is 126 Å². The average molecular weight is 659 g/mol. The fourth-order valence-electron chi connectivity index (χ4n) is 4.20. The molecule has 2 aliphatic rings. The maximum Gasteiger partial charge on any atom is 1.00 e. The van der Waals surface area contributed by atoms with E-state index in [0.29, 0.717) is 0 Å². The maximum absolute atomic E-state index is 10.8. The van der Waals surface area contributed by atoms with Crippen LogP contribution >= 0.6 is 0 Å². The molecule has 0 aromatic heterocycles. The van der Waals surface area contributed by atoms with Crippen molar-refractivity contribution in [3.8, 4) is 0 Å². The zero-order valence-electron chi connectivity index (χ0n) is 24.4. The zero-order chi connectivity index (χ0) is 33.1. The van der Waals surface area contributed by atoms with Gasteiger partial charge in [-0.3, -0.25) is 24.5 Å². The third kappa shape index (κ3) is 13.0. The number of ether oxygens (including phenoxy) is 3. The molecule has 2 saturated heterocycles. The van der Waals surface area contributed by atoms with Crippen molar-refractivity contribution in [2.45, 2.75) is 79.8 Å². The van der Waals surface area contributed by atoms with E-state index in [1.54, 1.807) is 0 Å². The second kappa shape index (κ2) is 19.8. The normalized spacial score (nSPS) is 32.0. The summed E-state index contributed by atoms with van der Waals surface area (Å²) in [4.78, 5) is 42.5. The molecule has 0 amide bonds. The smallest absolute Gasteiger partial charge is 1.00 e. The maximum atomic E-state index is 10.8.